The van der Waals surface area contributed by atoms with E-state index in [4.69, 9.17) is 5.73 Å². The molecule has 0 bridgehead atoms. The highest BCUT2D eigenvalue weighted by atomic mass is 16.4. The third-order valence-electron chi connectivity index (χ3n) is 6.11. The molecular weight excluding hydrogens is 376 g/mol. The molecule has 0 aromatic heterocycles. The van der Waals surface area contributed by atoms with Gasteiger partial charge in [0.15, 0.2) is 0 Å². The van der Waals surface area contributed by atoms with Crippen molar-refractivity contribution in [3.05, 3.63) is 64.7 Å². The lowest BCUT2D eigenvalue weighted by molar-refractivity contribution is -0.120. The quantitative estimate of drug-likeness (QED) is 0.655. The molecule has 3 rings (SSSR count). The number of rotatable bonds is 8. The normalized spacial score (nSPS) is 16.1. The Morgan fingerprint density at radius 1 is 1.07 bits per heavy atom. The van der Waals surface area contributed by atoms with E-state index in [2.05, 4.69) is 36.9 Å². The Balaban J connectivity index is 2.06. The van der Waals surface area contributed by atoms with E-state index in [1.165, 1.54) is 30.5 Å². The molecule has 2 atom stereocenters. The Labute approximate surface area is 178 Å². The van der Waals surface area contributed by atoms with Crippen LogP contribution in [0.1, 0.15) is 77.9 Å². The first kappa shape index (κ1) is 21.9. The molecule has 5 heteroatoms. The van der Waals surface area contributed by atoms with Gasteiger partial charge in [-0.2, -0.15) is 0 Å². The van der Waals surface area contributed by atoms with Crippen molar-refractivity contribution in [1.82, 2.24) is 0 Å². The predicted octanol–water partition coefficient (Wildman–Crippen LogP) is 4.84. The van der Waals surface area contributed by atoms with Crippen LogP contribution in [0.25, 0.3) is 0 Å². The largest absolute Gasteiger partial charge is 0.478 e. The van der Waals surface area contributed by atoms with Crippen molar-refractivity contribution in [2.75, 3.05) is 18.0 Å². The number of nitrogens with two attached hydrogens (primary N) is 1. The standard InChI is InChI=1S/C25H32N2O3/c1-3-7-21(23(24(26)28)18-9-11-19(12-10-18)25(29)30)20-13-8-17(2)16-22(20)27-14-5-4-6-15-27/h8-13,16,21,23H,3-7,14-15H2,1-2H3,(H2,26,28)(H,29,30). The van der Waals surface area contributed by atoms with Crippen molar-refractivity contribution in [1.29, 1.82) is 0 Å². The van der Waals surface area contributed by atoms with E-state index >= 15 is 0 Å². The molecule has 0 radical (unpaired) electrons. The topological polar surface area (TPSA) is 83.6 Å². The number of carbonyl (C=O) groups is 2. The van der Waals surface area contributed by atoms with Crippen molar-refractivity contribution < 1.29 is 14.7 Å². The van der Waals surface area contributed by atoms with Gasteiger partial charge in [0, 0.05) is 24.7 Å². The molecule has 2 aromatic rings. The van der Waals surface area contributed by atoms with E-state index in [-0.39, 0.29) is 17.4 Å². The fraction of sp³-hybridized carbons (Fsp3) is 0.440. The predicted molar refractivity (Wildman–Crippen MR) is 120 cm³/mol. The lowest BCUT2D eigenvalue weighted by atomic mass is 9.77. The van der Waals surface area contributed by atoms with E-state index in [1.54, 1.807) is 24.3 Å². The molecule has 0 aliphatic carbocycles. The number of amides is 1. The summed E-state index contributed by atoms with van der Waals surface area (Å²) >= 11 is 0. The van der Waals surface area contributed by atoms with Gasteiger partial charge < -0.3 is 15.7 Å². The number of piperidine rings is 1. The summed E-state index contributed by atoms with van der Waals surface area (Å²) in [5.74, 6) is -1.91. The van der Waals surface area contributed by atoms with Gasteiger partial charge in [-0.1, -0.05) is 37.6 Å². The first-order chi connectivity index (χ1) is 14.4. The Kier molecular flexibility index (Phi) is 7.14. The van der Waals surface area contributed by atoms with Crippen LogP contribution in [0.5, 0.6) is 0 Å². The zero-order chi connectivity index (χ0) is 21.7. The number of aryl methyl sites for hydroxylation is 1. The van der Waals surface area contributed by atoms with Gasteiger partial charge in [0.05, 0.1) is 11.5 Å². The molecule has 1 aliphatic heterocycles. The molecule has 1 saturated heterocycles. The van der Waals surface area contributed by atoms with Gasteiger partial charge in [0.25, 0.3) is 0 Å². The smallest absolute Gasteiger partial charge is 0.335 e. The first-order valence-electron chi connectivity index (χ1n) is 10.9. The zero-order valence-electron chi connectivity index (χ0n) is 17.9. The van der Waals surface area contributed by atoms with Gasteiger partial charge in [-0.25, -0.2) is 4.79 Å². The number of carbonyl (C=O) groups excluding carboxylic acids is 1. The summed E-state index contributed by atoms with van der Waals surface area (Å²) in [4.78, 5) is 26.3. The summed E-state index contributed by atoms with van der Waals surface area (Å²) in [7, 11) is 0. The van der Waals surface area contributed by atoms with Gasteiger partial charge in [-0.05, 0) is 67.5 Å². The maximum absolute atomic E-state index is 12.7. The second kappa shape index (κ2) is 9.79. The molecule has 0 saturated carbocycles. The van der Waals surface area contributed by atoms with E-state index in [0.29, 0.717) is 0 Å². The van der Waals surface area contributed by atoms with E-state index in [0.717, 1.165) is 37.1 Å². The Morgan fingerprint density at radius 3 is 2.30 bits per heavy atom. The molecule has 160 valence electrons. The molecular formula is C25H32N2O3. The first-order valence-corrected chi connectivity index (χ1v) is 10.9. The maximum Gasteiger partial charge on any atom is 0.335 e. The molecule has 1 amide bonds. The van der Waals surface area contributed by atoms with Crippen LogP contribution in [0.3, 0.4) is 0 Å². The van der Waals surface area contributed by atoms with Crippen molar-refractivity contribution in [3.8, 4) is 0 Å². The molecule has 30 heavy (non-hydrogen) atoms. The highest BCUT2D eigenvalue weighted by molar-refractivity contribution is 5.88. The molecule has 0 spiro atoms. The summed E-state index contributed by atoms with van der Waals surface area (Å²) in [6, 6.07) is 13.1. The summed E-state index contributed by atoms with van der Waals surface area (Å²) in [6.07, 6.45) is 5.38. The number of benzene rings is 2. The van der Waals surface area contributed by atoms with Gasteiger partial charge in [-0.15, -0.1) is 0 Å². The minimum Gasteiger partial charge on any atom is -0.478 e. The number of carboxylic acid groups (broad SMARTS) is 1. The third kappa shape index (κ3) is 4.84. The van der Waals surface area contributed by atoms with Gasteiger partial charge in [0.1, 0.15) is 0 Å². The molecule has 1 fully saturated rings. The van der Waals surface area contributed by atoms with Crippen LogP contribution in [0.15, 0.2) is 42.5 Å². The number of hydrogen-bond acceptors (Lipinski definition) is 3. The van der Waals surface area contributed by atoms with Gasteiger partial charge >= 0.3 is 5.97 Å². The average molecular weight is 409 g/mol. The average Bonchev–Trinajstić information content (AvgIpc) is 2.74. The third-order valence-corrected chi connectivity index (χ3v) is 6.11. The summed E-state index contributed by atoms with van der Waals surface area (Å²) in [6.45, 7) is 6.28. The number of nitrogens with zero attached hydrogens (tertiary/aromatic N) is 1. The van der Waals surface area contributed by atoms with E-state index < -0.39 is 11.9 Å². The van der Waals surface area contributed by atoms with E-state index in [1.807, 2.05) is 0 Å². The Bertz CT molecular complexity index is 886. The zero-order valence-corrected chi connectivity index (χ0v) is 17.9. The Morgan fingerprint density at radius 2 is 1.73 bits per heavy atom. The highest BCUT2D eigenvalue weighted by Gasteiger charge is 2.32. The second-order valence-corrected chi connectivity index (χ2v) is 8.31. The second-order valence-electron chi connectivity index (χ2n) is 8.31. The van der Waals surface area contributed by atoms with Gasteiger partial charge in [-0.3, -0.25) is 4.79 Å². The summed E-state index contributed by atoms with van der Waals surface area (Å²) < 4.78 is 0. The number of hydrogen-bond donors (Lipinski definition) is 2. The fourth-order valence-corrected chi connectivity index (χ4v) is 4.62. The fourth-order valence-electron chi connectivity index (χ4n) is 4.62. The molecule has 3 N–H and O–H groups in total. The highest BCUT2D eigenvalue weighted by Crippen LogP contribution is 2.42. The lowest BCUT2D eigenvalue weighted by Gasteiger charge is -2.35. The number of anilines is 1. The van der Waals surface area contributed by atoms with Crippen LogP contribution in [-0.4, -0.2) is 30.1 Å². The number of primary amides is 1. The molecule has 2 aromatic carbocycles. The SMILES string of the molecule is CCCC(c1ccc(C)cc1N1CCCCC1)C(C(N)=O)c1ccc(C(=O)O)cc1. The minimum absolute atomic E-state index is 0.0549. The Hall–Kier alpha value is -2.82. The van der Waals surface area contributed by atoms with Crippen LogP contribution in [-0.2, 0) is 4.79 Å². The van der Waals surface area contributed by atoms with Crippen LogP contribution in [0, 0.1) is 6.92 Å². The molecule has 5 nitrogen and oxygen atoms in total. The van der Waals surface area contributed by atoms with Crippen molar-refractivity contribution in [2.24, 2.45) is 5.73 Å². The maximum atomic E-state index is 12.7. The number of carboxylic acids is 1. The summed E-state index contributed by atoms with van der Waals surface area (Å²) in [5, 5.41) is 9.20. The van der Waals surface area contributed by atoms with Crippen molar-refractivity contribution in [3.63, 3.8) is 0 Å². The summed E-state index contributed by atoms with van der Waals surface area (Å²) in [5.41, 5.74) is 10.5. The number of aromatic carboxylic acids is 1. The van der Waals surface area contributed by atoms with E-state index in [9.17, 15) is 14.7 Å². The molecule has 1 aliphatic rings. The van der Waals surface area contributed by atoms with Gasteiger partial charge in [0.2, 0.25) is 5.91 Å². The van der Waals surface area contributed by atoms with Crippen LogP contribution in [0.4, 0.5) is 5.69 Å². The van der Waals surface area contributed by atoms with Crippen molar-refractivity contribution in [2.45, 2.75) is 57.8 Å². The van der Waals surface area contributed by atoms with Crippen LogP contribution in [0.2, 0.25) is 0 Å². The lowest BCUT2D eigenvalue weighted by Crippen LogP contribution is -2.32. The molecule has 1 heterocycles. The monoisotopic (exact) mass is 408 g/mol. The molecule has 2 unspecified atom stereocenters. The van der Waals surface area contributed by atoms with Crippen LogP contribution >= 0.6 is 0 Å². The van der Waals surface area contributed by atoms with Crippen molar-refractivity contribution >= 4 is 17.6 Å². The van der Waals surface area contributed by atoms with Crippen LogP contribution < -0.4 is 10.6 Å². The minimum atomic E-state index is -0.979.